The van der Waals surface area contributed by atoms with Crippen molar-refractivity contribution in [2.24, 2.45) is 10.4 Å². The summed E-state index contributed by atoms with van der Waals surface area (Å²) in [4.78, 5) is 7.44. The average molecular weight is 517 g/mol. The van der Waals surface area contributed by atoms with Crippen molar-refractivity contribution < 1.29 is 5.11 Å². The van der Waals surface area contributed by atoms with Gasteiger partial charge < -0.3 is 15.7 Å². The normalized spacial score (nSPS) is 16.3. The van der Waals surface area contributed by atoms with Gasteiger partial charge in [0, 0.05) is 45.4 Å². The van der Waals surface area contributed by atoms with Gasteiger partial charge in [-0.05, 0) is 50.0 Å². The lowest BCUT2D eigenvalue weighted by molar-refractivity contribution is 0.175. The van der Waals surface area contributed by atoms with E-state index in [9.17, 15) is 5.11 Å². The number of aliphatic imine (C=N–C) groups is 1. The highest BCUT2D eigenvalue weighted by atomic mass is 127. The zero-order chi connectivity index (χ0) is 20.2. The summed E-state index contributed by atoms with van der Waals surface area (Å²) in [5, 5.41) is 16.5. The number of nitrogens with zero attached hydrogens (tertiary/aromatic N) is 2. The first-order chi connectivity index (χ1) is 13.6. The lowest BCUT2D eigenvalue weighted by atomic mass is 9.79. The van der Waals surface area contributed by atoms with Crippen LogP contribution in [0.1, 0.15) is 58.4 Å². The maximum Gasteiger partial charge on any atom is 0.191 e. The van der Waals surface area contributed by atoms with Gasteiger partial charge in [-0.15, -0.1) is 24.0 Å². The number of aliphatic hydroxyl groups is 1. The molecule has 1 heterocycles. The van der Waals surface area contributed by atoms with E-state index in [2.05, 4.69) is 66.6 Å². The average Bonchev–Trinajstić information content (AvgIpc) is 2.73. The van der Waals surface area contributed by atoms with Gasteiger partial charge in [-0.3, -0.25) is 9.89 Å². The predicted octanol–water partition coefficient (Wildman–Crippen LogP) is 4.01. The molecule has 1 aliphatic heterocycles. The van der Waals surface area contributed by atoms with Gasteiger partial charge in [0.1, 0.15) is 0 Å². The summed E-state index contributed by atoms with van der Waals surface area (Å²) in [6.45, 7) is 11.7. The van der Waals surface area contributed by atoms with E-state index in [1.54, 1.807) is 0 Å². The molecule has 3 N–H and O–H groups in total. The van der Waals surface area contributed by atoms with Crippen LogP contribution in [0.4, 0.5) is 0 Å². The van der Waals surface area contributed by atoms with E-state index >= 15 is 0 Å². The second-order valence-electron chi connectivity index (χ2n) is 8.06. The fraction of sp³-hybridized carbons (Fsp3) is 0.696. The fourth-order valence-electron chi connectivity index (χ4n) is 3.98. The number of benzene rings is 1. The van der Waals surface area contributed by atoms with Gasteiger partial charge in [0.15, 0.2) is 5.96 Å². The minimum atomic E-state index is 0. The van der Waals surface area contributed by atoms with Crippen LogP contribution in [0.5, 0.6) is 0 Å². The summed E-state index contributed by atoms with van der Waals surface area (Å²) >= 11 is 0. The Bertz CT molecular complexity index is 570. The minimum Gasteiger partial charge on any atom is -0.396 e. The van der Waals surface area contributed by atoms with Crippen LogP contribution < -0.4 is 10.6 Å². The fourth-order valence-corrected chi connectivity index (χ4v) is 3.98. The molecule has 1 aromatic carbocycles. The number of guanidine groups is 1. The lowest BCUT2D eigenvalue weighted by Crippen LogP contribution is -2.48. The number of rotatable bonds is 10. The molecule has 0 atom stereocenters. The molecule has 1 aromatic rings. The Hall–Kier alpha value is -0.860. The zero-order valence-electron chi connectivity index (χ0n) is 18.5. The number of hydrogen-bond donors (Lipinski definition) is 3. The molecule has 0 spiro atoms. The Morgan fingerprint density at radius 2 is 1.79 bits per heavy atom. The SMILES string of the molecule is CCNC(=NCC(CC)(CC)CCO)NC1CCN(Cc2ccccc2)CC1.I. The third-order valence-corrected chi connectivity index (χ3v) is 6.24. The highest BCUT2D eigenvalue weighted by Crippen LogP contribution is 2.30. The Balaban J connectivity index is 0.00000420. The van der Waals surface area contributed by atoms with Crippen LogP contribution in [0.2, 0.25) is 0 Å². The highest BCUT2D eigenvalue weighted by Gasteiger charge is 2.26. The van der Waals surface area contributed by atoms with Gasteiger partial charge >= 0.3 is 0 Å². The number of piperidine rings is 1. The maximum absolute atomic E-state index is 9.44. The van der Waals surface area contributed by atoms with Crippen molar-refractivity contribution in [1.29, 1.82) is 0 Å². The molecule has 0 bridgehead atoms. The molecule has 1 saturated heterocycles. The second kappa shape index (κ2) is 14.2. The van der Waals surface area contributed by atoms with Gasteiger partial charge in [0.25, 0.3) is 0 Å². The van der Waals surface area contributed by atoms with E-state index < -0.39 is 0 Å². The third kappa shape index (κ3) is 8.80. The molecular formula is C23H41IN4O. The van der Waals surface area contributed by atoms with Crippen LogP contribution in [0.3, 0.4) is 0 Å². The first kappa shape index (κ1) is 26.2. The number of likely N-dealkylation sites (tertiary alicyclic amines) is 1. The van der Waals surface area contributed by atoms with Crippen molar-refractivity contribution in [1.82, 2.24) is 15.5 Å². The summed E-state index contributed by atoms with van der Waals surface area (Å²) in [5.74, 6) is 0.924. The lowest BCUT2D eigenvalue weighted by Gasteiger charge is -2.34. The van der Waals surface area contributed by atoms with Crippen molar-refractivity contribution in [2.45, 2.75) is 65.5 Å². The van der Waals surface area contributed by atoms with Crippen molar-refractivity contribution in [2.75, 3.05) is 32.8 Å². The first-order valence-electron chi connectivity index (χ1n) is 11.1. The predicted molar refractivity (Wildman–Crippen MR) is 134 cm³/mol. The van der Waals surface area contributed by atoms with Crippen LogP contribution in [0.25, 0.3) is 0 Å². The zero-order valence-corrected chi connectivity index (χ0v) is 20.8. The molecule has 0 unspecified atom stereocenters. The smallest absolute Gasteiger partial charge is 0.191 e. The summed E-state index contributed by atoms with van der Waals surface area (Å²) in [5.41, 5.74) is 1.50. The van der Waals surface area contributed by atoms with E-state index in [4.69, 9.17) is 4.99 Å². The van der Waals surface area contributed by atoms with Gasteiger partial charge in [-0.25, -0.2) is 0 Å². The number of hydrogen-bond acceptors (Lipinski definition) is 3. The number of aliphatic hydroxyl groups excluding tert-OH is 1. The Kier molecular flexibility index (Phi) is 12.8. The van der Waals surface area contributed by atoms with E-state index in [0.717, 1.165) is 70.8 Å². The van der Waals surface area contributed by atoms with Crippen molar-refractivity contribution in [3.8, 4) is 0 Å². The van der Waals surface area contributed by atoms with Crippen molar-refractivity contribution >= 4 is 29.9 Å². The quantitative estimate of drug-likeness (QED) is 0.250. The van der Waals surface area contributed by atoms with Gasteiger partial charge in [-0.2, -0.15) is 0 Å². The number of halogens is 1. The van der Waals surface area contributed by atoms with Crippen LogP contribution in [-0.4, -0.2) is 54.8 Å². The first-order valence-corrected chi connectivity index (χ1v) is 11.1. The second-order valence-corrected chi connectivity index (χ2v) is 8.06. The maximum atomic E-state index is 9.44. The molecular weight excluding hydrogens is 475 g/mol. The third-order valence-electron chi connectivity index (χ3n) is 6.24. The molecule has 166 valence electrons. The Morgan fingerprint density at radius 3 is 2.34 bits per heavy atom. The molecule has 0 aromatic heterocycles. The molecule has 0 aliphatic carbocycles. The molecule has 1 fully saturated rings. The van der Waals surface area contributed by atoms with Gasteiger partial charge in [-0.1, -0.05) is 44.2 Å². The summed E-state index contributed by atoms with van der Waals surface area (Å²) < 4.78 is 0. The molecule has 5 nitrogen and oxygen atoms in total. The van der Waals surface area contributed by atoms with Gasteiger partial charge in [0.2, 0.25) is 0 Å². The van der Waals surface area contributed by atoms with Crippen molar-refractivity contribution in [3.63, 3.8) is 0 Å². The van der Waals surface area contributed by atoms with E-state index in [0.29, 0.717) is 6.04 Å². The minimum absolute atomic E-state index is 0. The van der Waals surface area contributed by atoms with Crippen LogP contribution in [-0.2, 0) is 6.54 Å². The van der Waals surface area contributed by atoms with Gasteiger partial charge in [0.05, 0.1) is 0 Å². The topological polar surface area (TPSA) is 59.9 Å². The van der Waals surface area contributed by atoms with E-state index in [1.165, 1.54) is 5.56 Å². The molecule has 0 amide bonds. The van der Waals surface area contributed by atoms with E-state index in [-0.39, 0.29) is 36.0 Å². The summed E-state index contributed by atoms with van der Waals surface area (Å²) in [6.07, 6.45) is 5.19. The molecule has 0 saturated carbocycles. The standard InChI is InChI=1S/C23H40N4O.HI/c1-4-23(5-2,14-17-28)19-25-22(24-6-3)26-21-12-15-27(16-13-21)18-20-10-8-7-9-11-20;/h7-11,21,28H,4-6,12-19H2,1-3H3,(H2,24,25,26);1H. The Labute approximate surface area is 194 Å². The molecule has 2 rings (SSSR count). The van der Waals surface area contributed by atoms with Crippen LogP contribution in [0.15, 0.2) is 35.3 Å². The largest absolute Gasteiger partial charge is 0.396 e. The van der Waals surface area contributed by atoms with Crippen LogP contribution >= 0.6 is 24.0 Å². The molecule has 29 heavy (non-hydrogen) atoms. The van der Waals surface area contributed by atoms with E-state index in [1.807, 2.05) is 0 Å². The highest BCUT2D eigenvalue weighted by molar-refractivity contribution is 14.0. The molecule has 1 aliphatic rings. The Morgan fingerprint density at radius 1 is 1.14 bits per heavy atom. The monoisotopic (exact) mass is 516 g/mol. The summed E-state index contributed by atoms with van der Waals surface area (Å²) in [6, 6.07) is 11.2. The summed E-state index contributed by atoms with van der Waals surface area (Å²) in [7, 11) is 0. The van der Waals surface area contributed by atoms with Crippen LogP contribution in [0, 0.1) is 5.41 Å². The molecule has 6 heteroatoms. The van der Waals surface area contributed by atoms with Crippen molar-refractivity contribution in [3.05, 3.63) is 35.9 Å². The number of nitrogens with one attached hydrogen (secondary N) is 2. The molecule has 0 radical (unpaired) electrons.